The quantitative estimate of drug-likeness (QED) is 0.183. The first-order chi connectivity index (χ1) is 20.2. The van der Waals surface area contributed by atoms with Crippen LogP contribution in [0.5, 0.6) is 0 Å². The predicted molar refractivity (Wildman–Crippen MR) is 160 cm³/mol. The van der Waals surface area contributed by atoms with Crippen molar-refractivity contribution in [3.63, 3.8) is 0 Å². The van der Waals surface area contributed by atoms with E-state index in [0.29, 0.717) is 23.4 Å². The monoisotopic (exact) mass is 566 g/mol. The Morgan fingerprint density at radius 1 is 0.690 bits per heavy atom. The number of aromatic carboxylic acids is 1. The Hall–Kier alpha value is -5.24. The zero-order valence-electron chi connectivity index (χ0n) is 23.2. The van der Waals surface area contributed by atoms with E-state index in [-0.39, 0.29) is 17.3 Å². The lowest BCUT2D eigenvalue weighted by Gasteiger charge is -2.05. The molecule has 0 aliphatic rings. The van der Waals surface area contributed by atoms with Crippen molar-refractivity contribution in [2.75, 3.05) is 6.61 Å². The largest absolute Gasteiger partial charge is 0.477 e. The molecule has 6 rings (SSSR count). The number of ether oxygens (including phenoxy) is 1. The van der Waals surface area contributed by atoms with Crippen molar-refractivity contribution in [1.82, 2.24) is 9.97 Å². The Labute approximate surface area is 240 Å². The lowest BCUT2D eigenvalue weighted by molar-refractivity contribution is 0.0521. The number of halogens is 2. The minimum Gasteiger partial charge on any atom is -0.477 e. The van der Waals surface area contributed by atoms with Gasteiger partial charge in [-0.05, 0) is 67.3 Å². The van der Waals surface area contributed by atoms with Crippen LogP contribution in [0.2, 0.25) is 0 Å². The average molecular weight is 567 g/mol. The SMILES string of the molecule is CCOC(=O)c1[nH]c2c(C)cccc2c1-c1ccc(F)cc1.Cc1cccc2c(-c3ccc(F)cc3)c(C(=O)O)[nH]c12. The summed E-state index contributed by atoms with van der Waals surface area (Å²) in [7, 11) is 0. The number of nitrogens with one attached hydrogen (secondary N) is 2. The average Bonchev–Trinajstić information content (AvgIpc) is 3.56. The standard InChI is InChI=1S/C18H16FNO2.C16H12FNO2/c1-3-22-18(21)17-15(12-7-9-13(19)10-8-12)14-6-4-5-11(2)16(14)20-17;1-9-3-2-4-12-13(10-5-7-11(17)8-6-10)15(16(19)20)18-14(9)12/h4-10,20H,3H2,1-2H3;2-8,18H,1H3,(H,19,20). The van der Waals surface area contributed by atoms with Crippen molar-refractivity contribution >= 4 is 33.7 Å². The lowest BCUT2D eigenvalue weighted by Crippen LogP contribution is -2.06. The van der Waals surface area contributed by atoms with Crippen LogP contribution >= 0.6 is 0 Å². The highest BCUT2D eigenvalue weighted by Gasteiger charge is 2.21. The summed E-state index contributed by atoms with van der Waals surface area (Å²) >= 11 is 0. The smallest absolute Gasteiger partial charge is 0.355 e. The topological polar surface area (TPSA) is 95.2 Å². The van der Waals surface area contributed by atoms with Gasteiger partial charge in [0.1, 0.15) is 23.0 Å². The molecule has 0 aliphatic carbocycles. The highest BCUT2D eigenvalue weighted by atomic mass is 19.1. The summed E-state index contributed by atoms with van der Waals surface area (Å²) < 4.78 is 31.4. The summed E-state index contributed by atoms with van der Waals surface area (Å²) in [6, 6.07) is 23.5. The van der Waals surface area contributed by atoms with Gasteiger partial charge in [0.2, 0.25) is 0 Å². The Morgan fingerprint density at radius 2 is 1.12 bits per heavy atom. The second-order valence-corrected chi connectivity index (χ2v) is 9.78. The van der Waals surface area contributed by atoms with Gasteiger partial charge < -0.3 is 19.8 Å². The van der Waals surface area contributed by atoms with Crippen LogP contribution in [-0.4, -0.2) is 33.6 Å². The maximum atomic E-state index is 13.2. The zero-order valence-corrected chi connectivity index (χ0v) is 23.2. The molecule has 0 fully saturated rings. The fraction of sp³-hybridized carbons (Fsp3) is 0.118. The first-order valence-corrected chi connectivity index (χ1v) is 13.3. The molecule has 0 atom stereocenters. The summed E-state index contributed by atoms with van der Waals surface area (Å²) in [6.45, 7) is 5.96. The van der Waals surface area contributed by atoms with Gasteiger partial charge in [0.15, 0.2) is 0 Å². The molecule has 6 nitrogen and oxygen atoms in total. The fourth-order valence-corrected chi connectivity index (χ4v) is 5.08. The second kappa shape index (κ2) is 11.7. The molecule has 0 saturated heterocycles. The van der Waals surface area contributed by atoms with Gasteiger partial charge >= 0.3 is 11.9 Å². The maximum absolute atomic E-state index is 13.2. The number of benzene rings is 4. The van der Waals surface area contributed by atoms with E-state index in [9.17, 15) is 23.5 Å². The minimum atomic E-state index is -1.03. The molecular formula is C34H28F2N2O4. The Bertz CT molecular complexity index is 1920. The molecule has 2 heterocycles. The molecule has 4 aromatic carbocycles. The number of para-hydroxylation sites is 2. The van der Waals surface area contributed by atoms with Gasteiger partial charge in [-0.2, -0.15) is 0 Å². The molecule has 3 N–H and O–H groups in total. The first-order valence-electron chi connectivity index (χ1n) is 13.3. The normalized spacial score (nSPS) is 10.9. The third-order valence-corrected chi connectivity index (χ3v) is 7.04. The molecule has 0 amide bonds. The van der Waals surface area contributed by atoms with Gasteiger partial charge in [0.25, 0.3) is 0 Å². The Morgan fingerprint density at radius 3 is 1.55 bits per heavy atom. The van der Waals surface area contributed by atoms with Gasteiger partial charge in [0, 0.05) is 32.9 Å². The van der Waals surface area contributed by atoms with E-state index in [1.807, 2.05) is 50.2 Å². The van der Waals surface area contributed by atoms with Crippen molar-refractivity contribution in [2.24, 2.45) is 0 Å². The number of carboxylic acid groups (broad SMARTS) is 1. The van der Waals surface area contributed by atoms with Gasteiger partial charge in [0.05, 0.1) is 6.61 Å². The van der Waals surface area contributed by atoms with Crippen LogP contribution < -0.4 is 0 Å². The van der Waals surface area contributed by atoms with E-state index >= 15 is 0 Å². The number of carbonyl (C=O) groups excluding carboxylic acids is 1. The number of fused-ring (bicyclic) bond motifs is 2. The number of aromatic amines is 2. The van der Waals surface area contributed by atoms with Crippen LogP contribution in [0, 0.1) is 25.5 Å². The number of carboxylic acids is 1. The molecule has 0 aliphatic heterocycles. The number of H-pyrrole nitrogens is 2. The number of hydrogen-bond donors (Lipinski definition) is 3. The number of aryl methyl sites for hydroxylation is 2. The molecule has 42 heavy (non-hydrogen) atoms. The van der Waals surface area contributed by atoms with E-state index in [2.05, 4.69) is 9.97 Å². The van der Waals surface area contributed by atoms with E-state index in [1.54, 1.807) is 31.2 Å². The highest BCUT2D eigenvalue weighted by Crippen LogP contribution is 2.35. The Balaban J connectivity index is 0.000000169. The molecule has 0 bridgehead atoms. The molecule has 8 heteroatoms. The van der Waals surface area contributed by atoms with Crippen LogP contribution in [0.15, 0.2) is 84.9 Å². The number of hydrogen-bond acceptors (Lipinski definition) is 3. The maximum Gasteiger partial charge on any atom is 0.355 e. The number of carbonyl (C=O) groups is 2. The second-order valence-electron chi connectivity index (χ2n) is 9.78. The molecule has 0 unspecified atom stereocenters. The zero-order chi connectivity index (χ0) is 30.0. The summed E-state index contributed by atoms with van der Waals surface area (Å²) in [6.07, 6.45) is 0. The van der Waals surface area contributed by atoms with Gasteiger partial charge in [-0.25, -0.2) is 18.4 Å². The number of rotatable bonds is 5. The summed E-state index contributed by atoms with van der Waals surface area (Å²) in [4.78, 5) is 29.8. The van der Waals surface area contributed by atoms with E-state index in [0.717, 1.165) is 44.1 Å². The third-order valence-electron chi connectivity index (χ3n) is 7.04. The molecule has 2 aromatic heterocycles. The molecular weight excluding hydrogens is 538 g/mol. The molecule has 0 saturated carbocycles. The van der Waals surface area contributed by atoms with Crippen LogP contribution in [0.3, 0.4) is 0 Å². The van der Waals surface area contributed by atoms with Gasteiger partial charge in [-0.3, -0.25) is 0 Å². The van der Waals surface area contributed by atoms with Crippen molar-refractivity contribution in [3.8, 4) is 22.3 Å². The van der Waals surface area contributed by atoms with Crippen LogP contribution in [-0.2, 0) is 4.74 Å². The van der Waals surface area contributed by atoms with Crippen molar-refractivity contribution < 1.29 is 28.2 Å². The first kappa shape index (κ1) is 28.3. The van der Waals surface area contributed by atoms with E-state index in [4.69, 9.17) is 4.74 Å². The van der Waals surface area contributed by atoms with E-state index in [1.165, 1.54) is 24.3 Å². The van der Waals surface area contributed by atoms with Gasteiger partial charge in [-0.15, -0.1) is 0 Å². The molecule has 0 radical (unpaired) electrons. The van der Waals surface area contributed by atoms with Crippen molar-refractivity contribution in [3.05, 3.63) is 119 Å². The lowest BCUT2D eigenvalue weighted by atomic mass is 10.0. The van der Waals surface area contributed by atoms with Crippen LogP contribution in [0.25, 0.3) is 44.1 Å². The third kappa shape index (κ3) is 5.39. The van der Waals surface area contributed by atoms with Crippen molar-refractivity contribution in [1.29, 1.82) is 0 Å². The highest BCUT2D eigenvalue weighted by molar-refractivity contribution is 6.09. The van der Waals surface area contributed by atoms with Crippen molar-refractivity contribution in [2.45, 2.75) is 20.8 Å². The van der Waals surface area contributed by atoms with E-state index < -0.39 is 11.9 Å². The minimum absolute atomic E-state index is 0.126. The van der Waals surface area contributed by atoms with Gasteiger partial charge in [-0.1, -0.05) is 60.7 Å². The molecule has 0 spiro atoms. The summed E-state index contributed by atoms with van der Waals surface area (Å²) in [5, 5.41) is 11.1. The van der Waals surface area contributed by atoms with Crippen LogP contribution in [0.1, 0.15) is 39.0 Å². The fourth-order valence-electron chi connectivity index (χ4n) is 5.08. The number of esters is 1. The predicted octanol–water partition coefficient (Wildman–Crippen LogP) is 8.44. The molecule has 6 aromatic rings. The van der Waals surface area contributed by atoms with Crippen LogP contribution in [0.4, 0.5) is 8.78 Å². The number of aromatic nitrogens is 2. The summed E-state index contributed by atoms with van der Waals surface area (Å²) in [5.41, 5.74) is 7.03. The molecule has 212 valence electrons. The summed E-state index contributed by atoms with van der Waals surface area (Å²) in [5.74, 6) is -2.09. The Kier molecular flexibility index (Phi) is 7.88.